The molecule has 0 aromatic heterocycles. The molecule has 0 aliphatic carbocycles. The predicted octanol–water partition coefficient (Wildman–Crippen LogP) is 4.84. The molecular weight excluding hydrogens is 330 g/mol. The summed E-state index contributed by atoms with van der Waals surface area (Å²) in [7, 11) is 0. The number of nitrogen functional groups attached to an aromatic ring is 1. The minimum absolute atomic E-state index is 0.138. The summed E-state index contributed by atoms with van der Waals surface area (Å²) in [4.78, 5) is 7.39. The number of ether oxygens (including phenoxy) is 1. The van der Waals surface area contributed by atoms with Gasteiger partial charge in [-0.1, -0.05) is 25.6 Å². The first-order valence-corrected chi connectivity index (χ1v) is 10.1. The maximum absolute atomic E-state index is 6.24. The van der Waals surface area contributed by atoms with Crippen molar-refractivity contribution in [1.29, 1.82) is 0 Å². The zero-order valence-corrected chi connectivity index (χ0v) is 17.5. The third kappa shape index (κ3) is 5.65. The van der Waals surface area contributed by atoms with Crippen LogP contribution in [-0.2, 0) is 4.74 Å². The molecule has 2 rings (SSSR count). The van der Waals surface area contributed by atoms with Crippen molar-refractivity contribution in [2.45, 2.75) is 66.2 Å². The fourth-order valence-corrected chi connectivity index (χ4v) is 4.42. The van der Waals surface area contributed by atoms with E-state index in [0.29, 0.717) is 12.0 Å². The topological polar surface area (TPSA) is 50.9 Å². The van der Waals surface area contributed by atoms with Gasteiger partial charge in [0.05, 0.1) is 23.4 Å². The molecule has 140 valence electrons. The van der Waals surface area contributed by atoms with Crippen LogP contribution in [0.25, 0.3) is 0 Å². The molecule has 1 fully saturated rings. The van der Waals surface area contributed by atoms with E-state index in [4.69, 9.17) is 15.5 Å². The molecule has 0 unspecified atom stereocenters. The molecule has 1 aliphatic heterocycles. The van der Waals surface area contributed by atoms with Crippen molar-refractivity contribution >= 4 is 28.3 Å². The van der Waals surface area contributed by atoms with E-state index in [1.54, 1.807) is 0 Å². The summed E-state index contributed by atoms with van der Waals surface area (Å²) in [6, 6.07) is 6.25. The average Bonchev–Trinajstić information content (AvgIpc) is 2.82. The highest BCUT2D eigenvalue weighted by Gasteiger charge is 2.36. The molecule has 1 aromatic rings. The lowest BCUT2D eigenvalue weighted by Gasteiger charge is -2.35. The summed E-state index contributed by atoms with van der Waals surface area (Å²) in [6.07, 6.45) is 0.159. The molecule has 1 aliphatic rings. The van der Waals surface area contributed by atoms with Gasteiger partial charge in [-0.15, -0.1) is 0 Å². The number of anilines is 1. The van der Waals surface area contributed by atoms with E-state index < -0.39 is 0 Å². The van der Waals surface area contributed by atoms with E-state index in [1.165, 1.54) is 0 Å². The minimum atomic E-state index is -0.138. The van der Waals surface area contributed by atoms with Crippen molar-refractivity contribution in [2.24, 2.45) is 10.9 Å². The Morgan fingerprint density at radius 1 is 1.32 bits per heavy atom. The van der Waals surface area contributed by atoms with Gasteiger partial charge < -0.3 is 15.4 Å². The first kappa shape index (κ1) is 20.1. The Labute approximate surface area is 157 Å². The number of aryl methyl sites for hydroxylation is 1. The number of hydrogen-bond donors (Lipinski definition) is 1. The largest absolute Gasteiger partial charge is 0.399 e. The minimum Gasteiger partial charge on any atom is -0.399 e. The molecule has 1 aromatic carbocycles. The molecule has 1 saturated heterocycles. The zero-order valence-electron chi connectivity index (χ0n) is 16.7. The zero-order chi connectivity index (χ0) is 18.8. The van der Waals surface area contributed by atoms with Crippen LogP contribution in [0.5, 0.6) is 0 Å². The maximum Gasteiger partial charge on any atom is 0.164 e. The Kier molecular flexibility index (Phi) is 6.44. The Hall–Kier alpha value is -1.20. The molecule has 2 atom stereocenters. The third-order valence-corrected chi connectivity index (χ3v) is 5.20. The number of hydrogen-bond acceptors (Lipinski definition) is 4. The van der Waals surface area contributed by atoms with Crippen LogP contribution in [0.3, 0.4) is 0 Å². The Morgan fingerprint density at radius 3 is 2.56 bits per heavy atom. The van der Waals surface area contributed by atoms with Crippen molar-refractivity contribution in [1.82, 2.24) is 4.90 Å². The lowest BCUT2D eigenvalue weighted by atomic mass is 10.1. The smallest absolute Gasteiger partial charge is 0.164 e. The Bertz CT molecular complexity index is 622. The van der Waals surface area contributed by atoms with Crippen LogP contribution >= 0.6 is 11.8 Å². The lowest BCUT2D eigenvalue weighted by Crippen LogP contribution is -2.46. The lowest BCUT2D eigenvalue weighted by molar-refractivity contribution is -0.0737. The molecule has 2 N–H and O–H groups in total. The summed E-state index contributed by atoms with van der Waals surface area (Å²) >= 11 is 1.83. The highest BCUT2D eigenvalue weighted by Crippen LogP contribution is 2.32. The van der Waals surface area contributed by atoms with Crippen LogP contribution in [0.1, 0.15) is 47.1 Å². The molecular formula is C20H33N3OS. The van der Waals surface area contributed by atoms with Gasteiger partial charge in [-0.05, 0) is 64.3 Å². The normalized spacial score (nSPS) is 21.4. The van der Waals surface area contributed by atoms with E-state index in [-0.39, 0.29) is 11.7 Å². The van der Waals surface area contributed by atoms with Gasteiger partial charge >= 0.3 is 0 Å². The van der Waals surface area contributed by atoms with Crippen molar-refractivity contribution in [3.8, 4) is 0 Å². The molecule has 1 heterocycles. The first-order chi connectivity index (χ1) is 11.6. The summed E-state index contributed by atoms with van der Waals surface area (Å²) in [6.45, 7) is 16.1. The number of amidine groups is 1. The maximum atomic E-state index is 6.24. The van der Waals surface area contributed by atoms with Crippen LogP contribution in [0.4, 0.5) is 11.4 Å². The SMILES string of the molecule is Cc1cc(N)ccc1N=C1SC[C@H]([C@@H](C)OC(C)(C)C)N1CC(C)C. The van der Waals surface area contributed by atoms with Gasteiger partial charge in [-0.25, -0.2) is 4.99 Å². The second-order valence-electron chi connectivity index (χ2n) is 8.30. The number of benzene rings is 1. The van der Waals surface area contributed by atoms with Gasteiger partial charge in [0.15, 0.2) is 5.17 Å². The van der Waals surface area contributed by atoms with E-state index in [0.717, 1.165) is 34.4 Å². The fourth-order valence-electron chi connectivity index (χ4n) is 3.11. The number of rotatable bonds is 5. The van der Waals surface area contributed by atoms with Gasteiger partial charge in [0.2, 0.25) is 0 Å². The molecule has 0 amide bonds. The average molecular weight is 364 g/mol. The molecule has 25 heavy (non-hydrogen) atoms. The molecule has 0 radical (unpaired) electrons. The highest BCUT2D eigenvalue weighted by molar-refractivity contribution is 8.14. The van der Waals surface area contributed by atoms with Gasteiger partial charge in [0, 0.05) is 18.0 Å². The van der Waals surface area contributed by atoms with Gasteiger partial charge in [-0.2, -0.15) is 0 Å². The monoisotopic (exact) mass is 363 g/mol. The number of aliphatic imine (C=N–C) groups is 1. The van der Waals surface area contributed by atoms with E-state index in [9.17, 15) is 0 Å². The van der Waals surface area contributed by atoms with Crippen LogP contribution in [0.2, 0.25) is 0 Å². The van der Waals surface area contributed by atoms with Crippen LogP contribution < -0.4 is 5.73 Å². The second kappa shape index (κ2) is 8.00. The highest BCUT2D eigenvalue weighted by atomic mass is 32.2. The van der Waals surface area contributed by atoms with E-state index >= 15 is 0 Å². The van der Waals surface area contributed by atoms with Crippen LogP contribution in [0.15, 0.2) is 23.2 Å². The third-order valence-electron chi connectivity index (χ3n) is 4.11. The van der Waals surface area contributed by atoms with Gasteiger partial charge in [0.25, 0.3) is 0 Å². The summed E-state index contributed by atoms with van der Waals surface area (Å²) < 4.78 is 6.24. The summed E-state index contributed by atoms with van der Waals surface area (Å²) in [5, 5.41) is 1.09. The summed E-state index contributed by atoms with van der Waals surface area (Å²) in [5.74, 6) is 1.58. The van der Waals surface area contributed by atoms with Crippen molar-refractivity contribution in [2.75, 3.05) is 18.0 Å². The molecule has 0 spiro atoms. The molecule has 4 nitrogen and oxygen atoms in total. The second-order valence-corrected chi connectivity index (χ2v) is 9.29. The van der Waals surface area contributed by atoms with Gasteiger partial charge in [-0.3, -0.25) is 0 Å². The predicted molar refractivity (Wildman–Crippen MR) is 111 cm³/mol. The van der Waals surface area contributed by atoms with E-state index in [2.05, 4.69) is 53.4 Å². The quantitative estimate of drug-likeness (QED) is 0.760. The number of nitrogens with zero attached hydrogens (tertiary/aromatic N) is 2. The standard InChI is InChI=1S/C20H33N3OS/c1-13(2)11-23-18(15(4)24-20(5,6)7)12-25-19(23)22-17-9-8-16(21)10-14(17)3/h8-10,13,15,18H,11-12,21H2,1-7H3/t15-,18-/m1/s1. The van der Waals surface area contributed by atoms with Crippen molar-refractivity contribution in [3.63, 3.8) is 0 Å². The number of nitrogens with two attached hydrogens (primary N) is 1. The number of thioether (sulfide) groups is 1. The molecule has 5 heteroatoms. The fraction of sp³-hybridized carbons (Fsp3) is 0.650. The first-order valence-electron chi connectivity index (χ1n) is 9.09. The van der Waals surface area contributed by atoms with Gasteiger partial charge in [0.1, 0.15) is 0 Å². The Balaban J connectivity index is 2.27. The Morgan fingerprint density at radius 2 is 2.00 bits per heavy atom. The van der Waals surface area contributed by atoms with Crippen LogP contribution in [-0.4, -0.2) is 40.1 Å². The van der Waals surface area contributed by atoms with Crippen molar-refractivity contribution < 1.29 is 4.74 Å². The van der Waals surface area contributed by atoms with E-state index in [1.807, 2.05) is 30.0 Å². The molecule has 0 bridgehead atoms. The molecule has 0 saturated carbocycles. The van der Waals surface area contributed by atoms with Crippen LogP contribution in [0, 0.1) is 12.8 Å². The summed E-state index contributed by atoms with van der Waals surface area (Å²) in [5.41, 5.74) is 8.62. The van der Waals surface area contributed by atoms with Crippen molar-refractivity contribution in [3.05, 3.63) is 23.8 Å².